The van der Waals surface area contributed by atoms with Gasteiger partial charge in [0.1, 0.15) is 11.6 Å². The standard InChI is InChI=1S/C17H18BrF2N/c1-2-17(11-21,12-6-4-3-5-7-12)10-13-15(19)9-8-14(18)16(13)20/h3-9H,2,10-11,21H2,1H3. The maximum Gasteiger partial charge on any atom is 0.143 e. The van der Waals surface area contributed by atoms with Crippen LogP contribution in [0.15, 0.2) is 46.9 Å². The van der Waals surface area contributed by atoms with E-state index in [1.807, 2.05) is 37.3 Å². The predicted molar refractivity (Wildman–Crippen MR) is 85.2 cm³/mol. The minimum Gasteiger partial charge on any atom is -0.330 e. The summed E-state index contributed by atoms with van der Waals surface area (Å²) in [6.45, 7) is 2.33. The van der Waals surface area contributed by atoms with Gasteiger partial charge in [-0.3, -0.25) is 0 Å². The van der Waals surface area contributed by atoms with Gasteiger partial charge in [0.2, 0.25) is 0 Å². The monoisotopic (exact) mass is 353 g/mol. The number of hydrogen-bond donors (Lipinski definition) is 1. The summed E-state index contributed by atoms with van der Waals surface area (Å²) in [4.78, 5) is 0. The van der Waals surface area contributed by atoms with Crippen molar-refractivity contribution < 1.29 is 8.78 Å². The maximum atomic E-state index is 14.3. The molecule has 21 heavy (non-hydrogen) atoms. The summed E-state index contributed by atoms with van der Waals surface area (Å²) in [6.07, 6.45) is 0.944. The van der Waals surface area contributed by atoms with Gasteiger partial charge in [0.05, 0.1) is 4.47 Å². The van der Waals surface area contributed by atoms with Gasteiger partial charge < -0.3 is 5.73 Å². The molecule has 0 fully saturated rings. The number of halogens is 3. The van der Waals surface area contributed by atoms with E-state index >= 15 is 0 Å². The van der Waals surface area contributed by atoms with Gasteiger partial charge in [-0.05, 0) is 46.5 Å². The van der Waals surface area contributed by atoms with E-state index < -0.39 is 17.0 Å². The van der Waals surface area contributed by atoms with E-state index in [2.05, 4.69) is 15.9 Å². The van der Waals surface area contributed by atoms with E-state index in [0.29, 0.717) is 13.0 Å². The highest BCUT2D eigenvalue weighted by molar-refractivity contribution is 9.10. The van der Waals surface area contributed by atoms with E-state index in [1.54, 1.807) is 0 Å². The molecule has 4 heteroatoms. The molecular weight excluding hydrogens is 336 g/mol. The summed E-state index contributed by atoms with van der Waals surface area (Å²) in [7, 11) is 0. The van der Waals surface area contributed by atoms with Gasteiger partial charge in [0, 0.05) is 17.5 Å². The van der Waals surface area contributed by atoms with E-state index in [1.165, 1.54) is 12.1 Å². The molecule has 0 aliphatic carbocycles. The topological polar surface area (TPSA) is 26.0 Å². The highest BCUT2D eigenvalue weighted by Gasteiger charge is 2.31. The van der Waals surface area contributed by atoms with Crippen molar-refractivity contribution in [1.82, 2.24) is 0 Å². The molecule has 2 rings (SSSR count). The van der Waals surface area contributed by atoms with Crippen molar-refractivity contribution in [2.75, 3.05) is 6.54 Å². The van der Waals surface area contributed by atoms with Crippen LogP contribution < -0.4 is 5.73 Å². The summed E-state index contributed by atoms with van der Waals surface area (Å²) in [5, 5.41) is 0. The maximum absolute atomic E-state index is 14.3. The van der Waals surface area contributed by atoms with Gasteiger partial charge in [-0.2, -0.15) is 0 Å². The molecule has 0 amide bonds. The van der Waals surface area contributed by atoms with Crippen LogP contribution in [0.4, 0.5) is 8.78 Å². The van der Waals surface area contributed by atoms with Crippen molar-refractivity contribution in [3.8, 4) is 0 Å². The average Bonchev–Trinajstić information content (AvgIpc) is 2.53. The summed E-state index contributed by atoms with van der Waals surface area (Å²) in [6, 6.07) is 12.3. The van der Waals surface area contributed by atoms with E-state index in [9.17, 15) is 8.78 Å². The van der Waals surface area contributed by atoms with Crippen LogP contribution in [0.2, 0.25) is 0 Å². The van der Waals surface area contributed by atoms with Crippen LogP contribution in [0.1, 0.15) is 24.5 Å². The Morgan fingerprint density at radius 2 is 1.76 bits per heavy atom. The van der Waals surface area contributed by atoms with Crippen LogP contribution in [-0.4, -0.2) is 6.54 Å². The van der Waals surface area contributed by atoms with Gasteiger partial charge in [-0.1, -0.05) is 37.3 Å². The zero-order valence-electron chi connectivity index (χ0n) is 11.9. The third-order valence-corrected chi connectivity index (χ3v) is 4.72. The van der Waals surface area contributed by atoms with Crippen molar-refractivity contribution in [2.45, 2.75) is 25.2 Å². The van der Waals surface area contributed by atoms with E-state index in [0.717, 1.165) is 5.56 Å². The molecule has 1 nitrogen and oxygen atoms in total. The Bertz CT molecular complexity index is 610. The van der Waals surface area contributed by atoms with E-state index in [4.69, 9.17) is 5.73 Å². The molecule has 1 atom stereocenters. The zero-order valence-corrected chi connectivity index (χ0v) is 13.5. The van der Waals surface area contributed by atoms with Crippen LogP contribution in [0.5, 0.6) is 0 Å². The smallest absolute Gasteiger partial charge is 0.143 e. The van der Waals surface area contributed by atoms with Crippen molar-refractivity contribution in [3.63, 3.8) is 0 Å². The fraction of sp³-hybridized carbons (Fsp3) is 0.294. The predicted octanol–water partition coefficient (Wildman–Crippen LogP) is 4.58. The van der Waals surface area contributed by atoms with Crippen LogP contribution in [-0.2, 0) is 11.8 Å². The van der Waals surface area contributed by atoms with Crippen LogP contribution in [0.3, 0.4) is 0 Å². The van der Waals surface area contributed by atoms with Crippen LogP contribution >= 0.6 is 15.9 Å². The highest BCUT2D eigenvalue weighted by Crippen LogP contribution is 2.34. The lowest BCUT2D eigenvalue weighted by Crippen LogP contribution is -2.37. The number of hydrogen-bond acceptors (Lipinski definition) is 1. The Morgan fingerprint density at radius 3 is 2.33 bits per heavy atom. The normalized spacial score (nSPS) is 14.0. The molecule has 0 saturated carbocycles. The van der Waals surface area contributed by atoms with E-state index in [-0.39, 0.29) is 16.5 Å². The van der Waals surface area contributed by atoms with Gasteiger partial charge in [-0.15, -0.1) is 0 Å². The number of nitrogens with two attached hydrogens (primary N) is 1. The molecule has 2 aromatic carbocycles. The minimum atomic E-state index is -0.544. The average molecular weight is 354 g/mol. The van der Waals surface area contributed by atoms with Crippen molar-refractivity contribution in [1.29, 1.82) is 0 Å². The fourth-order valence-electron chi connectivity index (χ4n) is 2.63. The molecule has 0 aliphatic rings. The minimum absolute atomic E-state index is 0.0838. The van der Waals surface area contributed by atoms with Gasteiger partial charge in [0.15, 0.2) is 0 Å². The lowest BCUT2D eigenvalue weighted by Gasteiger charge is -2.32. The van der Waals surface area contributed by atoms with Crippen molar-refractivity contribution in [3.05, 3.63) is 69.7 Å². The Hall–Kier alpha value is -1.26. The Kier molecular flexibility index (Phi) is 5.12. The highest BCUT2D eigenvalue weighted by atomic mass is 79.9. The number of rotatable bonds is 5. The summed E-state index contributed by atoms with van der Waals surface area (Å²) in [5.41, 5.74) is 6.60. The van der Waals surface area contributed by atoms with Gasteiger partial charge in [0.25, 0.3) is 0 Å². The second kappa shape index (κ2) is 6.67. The molecule has 0 spiro atoms. The first-order chi connectivity index (χ1) is 10.0. The Balaban J connectivity index is 2.49. The molecule has 0 heterocycles. The molecule has 112 valence electrons. The molecule has 2 aromatic rings. The molecule has 1 unspecified atom stereocenters. The lowest BCUT2D eigenvalue weighted by molar-refractivity contribution is 0.399. The quantitative estimate of drug-likeness (QED) is 0.782. The Morgan fingerprint density at radius 1 is 1.10 bits per heavy atom. The molecule has 0 aromatic heterocycles. The SMILES string of the molecule is CCC(CN)(Cc1c(F)ccc(Br)c1F)c1ccccc1. The van der Waals surface area contributed by atoms with Crippen LogP contribution in [0.25, 0.3) is 0 Å². The van der Waals surface area contributed by atoms with Crippen LogP contribution in [0, 0.1) is 11.6 Å². The first kappa shape index (κ1) is 16.1. The second-order valence-electron chi connectivity index (χ2n) is 5.20. The molecule has 0 aliphatic heterocycles. The van der Waals surface area contributed by atoms with Gasteiger partial charge >= 0.3 is 0 Å². The first-order valence-electron chi connectivity index (χ1n) is 6.92. The number of benzene rings is 2. The van der Waals surface area contributed by atoms with Gasteiger partial charge in [-0.25, -0.2) is 8.78 Å². The lowest BCUT2D eigenvalue weighted by atomic mass is 9.73. The Labute approximate surface area is 132 Å². The zero-order chi connectivity index (χ0) is 15.5. The first-order valence-corrected chi connectivity index (χ1v) is 7.71. The third-order valence-electron chi connectivity index (χ3n) is 4.11. The largest absolute Gasteiger partial charge is 0.330 e. The molecule has 0 radical (unpaired) electrons. The fourth-order valence-corrected chi connectivity index (χ4v) is 3.00. The van der Waals surface area contributed by atoms with Crippen molar-refractivity contribution in [2.24, 2.45) is 5.73 Å². The third kappa shape index (κ3) is 3.16. The molecule has 0 bridgehead atoms. The molecule has 0 saturated heterocycles. The summed E-state index contributed by atoms with van der Waals surface area (Å²) < 4.78 is 28.6. The second-order valence-corrected chi connectivity index (χ2v) is 6.06. The molecular formula is C17H18BrF2N. The van der Waals surface area contributed by atoms with Crippen molar-refractivity contribution >= 4 is 15.9 Å². The summed E-state index contributed by atoms with van der Waals surface area (Å²) >= 11 is 3.11. The summed E-state index contributed by atoms with van der Waals surface area (Å²) in [5.74, 6) is -1.07. The molecule has 2 N–H and O–H groups in total.